The van der Waals surface area contributed by atoms with Gasteiger partial charge in [-0.1, -0.05) is 0 Å². The van der Waals surface area contributed by atoms with E-state index >= 15 is 0 Å². The van der Waals surface area contributed by atoms with Crippen molar-refractivity contribution >= 4 is 11.5 Å². The number of rotatable bonds is 3. The SMILES string of the molecule is Cc1nnc2c(NCc3cnn(C)c3)nccn12. The Balaban J connectivity index is 1.86. The third-order valence-corrected chi connectivity index (χ3v) is 2.72. The smallest absolute Gasteiger partial charge is 0.203 e. The van der Waals surface area contributed by atoms with E-state index in [4.69, 9.17) is 0 Å². The van der Waals surface area contributed by atoms with Crippen molar-refractivity contribution in [2.75, 3.05) is 5.32 Å². The number of nitrogens with zero attached hydrogens (tertiary/aromatic N) is 6. The number of anilines is 1. The molecule has 0 radical (unpaired) electrons. The molecule has 7 heteroatoms. The van der Waals surface area contributed by atoms with Crippen molar-refractivity contribution in [3.8, 4) is 0 Å². The fourth-order valence-corrected chi connectivity index (χ4v) is 1.82. The number of aryl methyl sites for hydroxylation is 2. The van der Waals surface area contributed by atoms with E-state index in [2.05, 4.69) is 25.6 Å². The highest BCUT2D eigenvalue weighted by Gasteiger charge is 2.07. The predicted molar refractivity (Wildman–Crippen MR) is 66.1 cm³/mol. The first-order chi connectivity index (χ1) is 8.74. The van der Waals surface area contributed by atoms with E-state index in [0.29, 0.717) is 6.54 Å². The van der Waals surface area contributed by atoms with Gasteiger partial charge in [-0.25, -0.2) is 4.98 Å². The maximum absolute atomic E-state index is 4.28. The van der Waals surface area contributed by atoms with Crippen LogP contribution in [0.3, 0.4) is 0 Å². The van der Waals surface area contributed by atoms with Gasteiger partial charge in [0.15, 0.2) is 5.82 Å². The molecule has 7 nitrogen and oxygen atoms in total. The van der Waals surface area contributed by atoms with Crippen molar-refractivity contribution in [2.24, 2.45) is 7.05 Å². The summed E-state index contributed by atoms with van der Waals surface area (Å²) in [5, 5.41) is 15.5. The minimum Gasteiger partial charge on any atom is -0.363 e. The Kier molecular flexibility index (Phi) is 2.44. The number of hydrogen-bond donors (Lipinski definition) is 1. The fraction of sp³-hybridized carbons (Fsp3) is 0.273. The molecule has 0 spiro atoms. The molecule has 0 aliphatic rings. The van der Waals surface area contributed by atoms with Crippen LogP contribution >= 0.6 is 0 Å². The number of nitrogens with one attached hydrogen (secondary N) is 1. The standard InChI is InChI=1S/C11H13N7/c1-8-15-16-11-10(12-3-4-18(8)11)13-5-9-6-14-17(2)7-9/h3-4,6-7H,5H2,1-2H3,(H,12,13). The van der Waals surface area contributed by atoms with E-state index in [1.807, 2.05) is 37.0 Å². The van der Waals surface area contributed by atoms with Gasteiger partial charge in [0.1, 0.15) is 5.82 Å². The van der Waals surface area contributed by atoms with E-state index in [0.717, 1.165) is 22.9 Å². The van der Waals surface area contributed by atoms with Crippen LogP contribution in [-0.4, -0.2) is 29.4 Å². The lowest BCUT2D eigenvalue weighted by atomic mass is 10.3. The monoisotopic (exact) mass is 243 g/mol. The second-order valence-electron chi connectivity index (χ2n) is 4.09. The Hall–Kier alpha value is -2.44. The van der Waals surface area contributed by atoms with E-state index < -0.39 is 0 Å². The molecule has 3 aromatic rings. The van der Waals surface area contributed by atoms with Gasteiger partial charge in [0.05, 0.1) is 6.20 Å². The van der Waals surface area contributed by atoms with E-state index in [1.54, 1.807) is 10.9 Å². The Morgan fingerprint density at radius 3 is 3.00 bits per heavy atom. The highest BCUT2D eigenvalue weighted by molar-refractivity contribution is 5.61. The van der Waals surface area contributed by atoms with Gasteiger partial charge in [0.25, 0.3) is 0 Å². The highest BCUT2D eigenvalue weighted by Crippen LogP contribution is 2.12. The molecule has 0 fully saturated rings. The van der Waals surface area contributed by atoms with E-state index in [1.165, 1.54) is 0 Å². The molecule has 18 heavy (non-hydrogen) atoms. The number of fused-ring (bicyclic) bond motifs is 1. The molecule has 1 N–H and O–H groups in total. The zero-order valence-electron chi connectivity index (χ0n) is 10.2. The van der Waals surface area contributed by atoms with Crippen LogP contribution in [0.1, 0.15) is 11.4 Å². The molecule has 0 bridgehead atoms. The summed E-state index contributed by atoms with van der Waals surface area (Å²) >= 11 is 0. The second-order valence-corrected chi connectivity index (χ2v) is 4.09. The summed E-state index contributed by atoms with van der Waals surface area (Å²) in [5.74, 6) is 1.57. The lowest BCUT2D eigenvalue weighted by molar-refractivity contribution is 0.767. The van der Waals surface area contributed by atoms with Crippen molar-refractivity contribution in [1.29, 1.82) is 0 Å². The summed E-state index contributed by atoms with van der Waals surface area (Å²) in [6, 6.07) is 0. The summed E-state index contributed by atoms with van der Waals surface area (Å²) in [4.78, 5) is 4.28. The molecular formula is C11H13N7. The largest absolute Gasteiger partial charge is 0.363 e. The van der Waals surface area contributed by atoms with Crippen LogP contribution in [0, 0.1) is 6.92 Å². The van der Waals surface area contributed by atoms with Crippen LogP contribution in [0.2, 0.25) is 0 Å². The van der Waals surface area contributed by atoms with Crippen molar-refractivity contribution in [3.05, 3.63) is 36.2 Å². The van der Waals surface area contributed by atoms with Crippen molar-refractivity contribution < 1.29 is 0 Å². The highest BCUT2D eigenvalue weighted by atomic mass is 15.3. The van der Waals surface area contributed by atoms with Crippen molar-refractivity contribution in [2.45, 2.75) is 13.5 Å². The van der Waals surface area contributed by atoms with Gasteiger partial charge >= 0.3 is 0 Å². The third kappa shape index (κ3) is 1.79. The van der Waals surface area contributed by atoms with Gasteiger partial charge in [0, 0.05) is 37.7 Å². The number of aromatic nitrogens is 6. The molecule has 0 saturated carbocycles. The maximum atomic E-state index is 4.28. The normalized spacial score (nSPS) is 11.0. The van der Waals surface area contributed by atoms with Crippen molar-refractivity contribution in [1.82, 2.24) is 29.4 Å². The Bertz CT molecular complexity index is 682. The predicted octanol–water partition coefficient (Wildman–Crippen LogP) is 0.778. The molecule has 3 aromatic heterocycles. The molecular weight excluding hydrogens is 230 g/mol. The topological polar surface area (TPSA) is 72.9 Å². The maximum Gasteiger partial charge on any atom is 0.203 e. The van der Waals surface area contributed by atoms with Crippen LogP contribution < -0.4 is 5.32 Å². The minimum atomic E-state index is 0.659. The van der Waals surface area contributed by atoms with Gasteiger partial charge in [-0.3, -0.25) is 9.08 Å². The Labute approximate surface area is 103 Å². The Morgan fingerprint density at radius 2 is 2.22 bits per heavy atom. The first-order valence-electron chi connectivity index (χ1n) is 5.62. The van der Waals surface area contributed by atoms with Crippen LogP contribution in [-0.2, 0) is 13.6 Å². The van der Waals surface area contributed by atoms with Gasteiger partial charge in [-0.05, 0) is 6.92 Å². The molecule has 0 aliphatic heterocycles. The quantitative estimate of drug-likeness (QED) is 0.736. The third-order valence-electron chi connectivity index (χ3n) is 2.72. The average Bonchev–Trinajstić information content (AvgIpc) is 2.94. The lowest BCUT2D eigenvalue weighted by Crippen LogP contribution is -2.03. The zero-order valence-corrected chi connectivity index (χ0v) is 10.2. The average molecular weight is 243 g/mol. The molecule has 0 aromatic carbocycles. The Morgan fingerprint density at radius 1 is 1.33 bits per heavy atom. The van der Waals surface area contributed by atoms with E-state index in [-0.39, 0.29) is 0 Å². The fourth-order valence-electron chi connectivity index (χ4n) is 1.82. The molecule has 0 atom stereocenters. The second kappa shape index (κ2) is 4.10. The molecule has 0 aliphatic carbocycles. The molecule has 3 heterocycles. The summed E-state index contributed by atoms with van der Waals surface area (Å²) < 4.78 is 3.67. The van der Waals surface area contributed by atoms with Crippen LogP contribution in [0.5, 0.6) is 0 Å². The minimum absolute atomic E-state index is 0.659. The molecule has 92 valence electrons. The first kappa shape index (κ1) is 10.7. The molecule has 0 saturated heterocycles. The molecule has 0 amide bonds. The van der Waals surface area contributed by atoms with Gasteiger partial charge < -0.3 is 5.32 Å². The summed E-state index contributed by atoms with van der Waals surface area (Å²) in [6.07, 6.45) is 7.36. The van der Waals surface area contributed by atoms with Crippen LogP contribution in [0.25, 0.3) is 5.65 Å². The van der Waals surface area contributed by atoms with E-state index in [9.17, 15) is 0 Å². The lowest BCUT2D eigenvalue weighted by Gasteiger charge is -2.04. The summed E-state index contributed by atoms with van der Waals surface area (Å²) in [7, 11) is 1.89. The molecule has 0 unspecified atom stereocenters. The zero-order chi connectivity index (χ0) is 12.5. The van der Waals surface area contributed by atoms with Crippen LogP contribution in [0.15, 0.2) is 24.8 Å². The number of hydrogen-bond acceptors (Lipinski definition) is 5. The van der Waals surface area contributed by atoms with Crippen LogP contribution in [0.4, 0.5) is 5.82 Å². The first-order valence-corrected chi connectivity index (χ1v) is 5.62. The molecule has 3 rings (SSSR count). The van der Waals surface area contributed by atoms with Crippen molar-refractivity contribution in [3.63, 3.8) is 0 Å². The summed E-state index contributed by atoms with van der Waals surface area (Å²) in [5.41, 5.74) is 1.83. The van der Waals surface area contributed by atoms with Gasteiger partial charge in [-0.15, -0.1) is 10.2 Å². The van der Waals surface area contributed by atoms with Gasteiger partial charge in [0.2, 0.25) is 5.65 Å². The van der Waals surface area contributed by atoms with Gasteiger partial charge in [-0.2, -0.15) is 5.10 Å². The summed E-state index contributed by atoms with van der Waals surface area (Å²) in [6.45, 7) is 2.57.